The SMILES string of the molecule is O=C(Nc1ccccc1CO)c1csc(I)c1. The zero-order valence-electron chi connectivity index (χ0n) is 8.81. The number of amides is 1. The van der Waals surface area contributed by atoms with E-state index in [1.165, 1.54) is 11.3 Å². The van der Waals surface area contributed by atoms with Crippen LogP contribution in [-0.2, 0) is 6.61 Å². The van der Waals surface area contributed by atoms with Crippen molar-refractivity contribution >= 4 is 45.5 Å². The molecule has 3 nitrogen and oxygen atoms in total. The summed E-state index contributed by atoms with van der Waals surface area (Å²) in [5.74, 6) is -0.148. The van der Waals surface area contributed by atoms with Gasteiger partial charge in [0.1, 0.15) is 0 Å². The van der Waals surface area contributed by atoms with E-state index in [0.29, 0.717) is 16.8 Å². The lowest BCUT2D eigenvalue weighted by molar-refractivity contribution is 0.102. The van der Waals surface area contributed by atoms with Gasteiger partial charge in [0, 0.05) is 16.6 Å². The monoisotopic (exact) mass is 359 g/mol. The molecule has 0 spiro atoms. The number of aliphatic hydroxyl groups is 1. The number of halogens is 1. The van der Waals surface area contributed by atoms with Crippen LogP contribution in [-0.4, -0.2) is 11.0 Å². The summed E-state index contributed by atoms with van der Waals surface area (Å²) in [7, 11) is 0. The molecule has 0 atom stereocenters. The number of anilines is 1. The predicted molar refractivity (Wildman–Crippen MR) is 77.4 cm³/mol. The molecule has 17 heavy (non-hydrogen) atoms. The third kappa shape index (κ3) is 3.05. The fourth-order valence-corrected chi connectivity index (χ4v) is 2.73. The smallest absolute Gasteiger partial charge is 0.256 e. The maximum absolute atomic E-state index is 11.9. The van der Waals surface area contributed by atoms with Gasteiger partial charge < -0.3 is 10.4 Å². The van der Waals surface area contributed by atoms with Crippen LogP contribution in [0.5, 0.6) is 0 Å². The van der Waals surface area contributed by atoms with Gasteiger partial charge in [0.25, 0.3) is 5.91 Å². The van der Waals surface area contributed by atoms with E-state index >= 15 is 0 Å². The van der Waals surface area contributed by atoms with Crippen molar-refractivity contribution in [1.82, 2.24) is 0 Å². The van der Waals surface area contributed by atoms with Gasteiger partial charge in [-0.15, -0.1) is 11.3 Å². The summed E-state index contributed by atoms with van der Waals surface area (Å²) in [6, 6.07) is 9.05. The zero-order valence-corrected chi connectivity index (χ0v) is 11.8. The van der Waals surface area contributed by atoms with Crippen molar-refractivity contribution in [2.24, 2.45) is 0 Å². The highest BCUT2D eigenvalue weighted by molar-refractivity contribution is 14.1. The summed E-state index contributed by atoms with van der Waals surface area (Å²) in [5.41, 5.74) is 2.01. The minimum atomic E-state index is -0.148. The number of hydrogen-bond donors (Lipinski definition) is 2. The second kappa shape index (κ2) is 5.61. The number of carbonyl (C=O) groups is 1. The molecule has 0 aliphatic carbocycles. The van der Waals surface area contributed by atoms with Gasteiger partial charge in [-0.1, -0.05) is 18.2 Å². The topological polar surface area (TPSA) is 49.3 Å². The summed E-state index contributed by atoms with van der Waals surface area (Å²) in [6.07, 6.45) is 0. The van der Waals surface area contributed by atoms with Crippen molar-refractivity contribution in [3.05, 3.63) is 49.7 Å². The Hall–Kier alpha value is -0.920. The third-order valence-electron chi connectivity index (χ3n) is 2.27. The predicted octanol–water partition coefficient (Wildman–Crippen LogP) is 3.10. The molecular weight excluding hydrogens is 349 g/mol. The molecule has 2 rings (SSSR count). The highest BCUT2D eigenvalue weighted by atomic mass is 127. The molecule has 1 aromatic heterocycles. The number of aliphatic hydroxyl groups excluding tert-OH is 1. The Morgan fingerprint density at radius 2 is 2.18 bits per heavy atom. The number of carbonyl (C=O) groups excluding carboxylic acids is 1. The van der Waals surface area contributed by atoms with Crippen LogP contribution in [0.15, 0.2) is 35.7 Å². The van der Waals surface area contributed by atoms with E-state index in [1.54, 1.807) is 12.1 Å². The highest BCUT2D eigenvalue weighted by Gasteiger charge is 2.09. The third-order valence-corrected chi connectivity index (χ3v) is 4.05. The molecule has 0 saturated heterocycles. The molecule has 0 radical (unpaired) electrons. The normalized spacial score (nSPS) is 10.2. The summed E-state index contributed by atoms with van der Waals surface area (Å²) < 4.78 is 1.07. The first-order valence-electron chi connectivity index (χ1n) is 4.95. The molecule has 5 heteroatoms. The van der Waals surface area contributed by atoms with Gasteiger partial charge in [0.15, 0.2) is 0 Å². The minimum Gasteiger partial charge on any atom is -0.392 e. The van der Waals surface area contributed by atoms with Gasteiger partial charge in [0.05, 0.1) is 15.1 Å². The second-order valence-corrected chi connectivity index (χ2v) is 6.21. The highest BCUT2D eigenvalue weighted by Crippen LogP contribution is 2.20. The summed E-state index contributed by atoms with van der Waals surface area (Å²) >= 11 is 3.71. The molecular formula is C12H10INO2S. The number of rotatable bonds is 3. The summed E-state index contributed by atoms with van der Waals surface area (Å²) in [5, 5.41) is 13.8. The van der Waals surface area contributed by atoms with Gasteiger partial charge in [0.2, 0.25) is 0 Å². The molecule has 1 aromatic carbocycles. The van der Waals surface area contributed by atoms with Crippen LogP contribution >= 0.6 is 33.9 Å². The Labute approximate surface area is 117 Å². The lowest BCUT2D eigenvalue weighted by Crippen LogP contribution is -2.12. The van der Waals surface area contributed by atoms with E-state index in [-0.39, 0.29) is 12.5 Å². The van der Waals surface area contributed by atoms with Crippen molar-refractivity contribution in [1.29, 1.82) is 0 Å². The van der Waals surface area contributed by atoms with Crippen molar-refractivity contribution in [3.8, 4) is 0 Å². The molecule has 0 fully saturated rings. The molecule has 2 aromatic rings. The first-order valence-corrected chi connectivity index (χ1v) is 6.90. The Morgan fingerprint density at radius 3 is 2.82 bits per heavy atom. The summed E-state index contributed by atoms with van der Waals surface area (Å²) in [6.45, 7) is -0.0857. The van der Waals surface area contributed by atoms with Gasteiger partial charge in [-0.05, 0) is 34.7 Å². The van der Waals surface area contributed by atoms with Crippen LogP contribution in [0, 0.1) is 2.88 Å². The fourth-order valence-electron chi connectivity index (χ4n) is 1.40. The average molecular weight is 359 g/mol. The lowest BCUT2D eigenvalue weighted by atomic mass is 10.2. The van der Waals surface area contributed by atoms with Crippen LogP contribution < -0.4 is 5.32 Å². The number of nitrogens with one attached hydrogen (secondary N) is 1. The number of thiophene rings is 1. The van der Waals surface area contributed by atoms with Crippen molar-refractivity contribution in [2.45, 2.75) is 6.61 Å². The molecule has 0 bridgehead atoms. The Balaban J connectivity index is 2.18. The maximum atomic E-state index is 11.9. The van der Waals surface area contributed by atoms with E-state index in [1.807, 2.05) is 23.6 Å². The quantitative estimate of drug-likeness (QED) is 0.828. The summed E-state index contributed by atoms with van der Waals surface area (Å²) in [4.78, 5) is 11.9. The van der Waals surface area contributed by atoms with Crippen LogP contribution in [0.3, 0.4) is 0 Å². The lowest BCUT2D eigenvalue weighted by Gasteiger charge is -2.08. The first-order chi connectivity index (χ1) is 8.20. The van der Waals surface area contributed by atoms with Gasteiger partial charge in [-0.2, -0.15) is 0 Å². The van der Waals surface area contributed by atoms with E-state index < -0.39 is 0 Å². The maximum Gasteiger partial charge on any atom is 0.256 e. The van der Waals surface area contributed by atoms with Crippen LogP contribution in [0.1, 0.15) is 15.9 Å². The second-order valence-electron chi connectivity index (χ2n) is 3.41. The van der Waals surface area contributed by atoms with E-state index in [0.717, 1.165) is 2.88 Å². The Morgan fingerprint density at radius 1 is 1.41 bits per heavy atom. The molecule has 0 aliphatic heterocycles. The minimum absolute atomic E-state index is 0.0857. The molecule has 88 valence electrons. The average Bonchev–Trinajstić information content (AvgIpc) is 2.77. The number of para-hydroxylation sites is 1. The molecule has 2 N–H and O–H groups in total. The van der Waals surface area contributed by atoms with Crippen molar-refractivity contribution in [3.63, 3.8) is 0 Å². The Kier molecular flexibility index (Phi) is 4.14. The molecule has 0 unspecified atom stereocenters. The molecule has 0 aliphatic rings. The fraction of sp³-hybridized carbons (Fsp3) is 0.0833. The van der Waals surface area contributed by atoms with E-state index in [9.17, 15) is 4.79 Å². The molecule has 1 heterocycles. The van der Waals surface area contributed by atoms with Crippen LogP contribution in [0.25, 0.3) is 0 Å². The Bertz CT molecular complexity index is 539. The van der Waals surface area contributed by atoms with Crippen molar-refractivity contribution in [2.75, 3.05) is 5.32 Å². The number of hydrogen-bond acceptors (Lipinski definition) is 3. The molecule has 1 amide bonds. The van der Waals surface area contributed by atoms with Gasteiger partial charge >= 0.3 is 0 Å². The largest absolute Gasteiger partial charge is 0.392 e. The molecule has 0 saturated carbocycles. The number of benzene rings is 1. The van der Waals surface area contributed by atoms with Crippen LogP contribution in [0.2, 0.25) is 0 Å². The van der Waals surface area contributed by atoms with Gasteiger partial charge in [-0.25, -0.2) is 0 Å². The van der Waals surface area contributed by atoms with Gasteiger partial charge in [-0.3, -0.25) is 4.79 Å². The van der Waals surface area contributed by atoms with E-state index in [4.69, 9.17) is 5.11 Å². The zero-order chi connectivity index (χ0) is 12.3. The van der Waals surface area contributed by atoms with Crippen LogP contribution in [0.4, 0.5) is 5.69 Å². The first kappa shape index (κ1) is 12.5. The standard InChI is InChI=1S/C12H10INO2S/c13-11-5-9(7-17-11)12(16)14-10-4-2-1-3-8(10)6-15/h1-5,7,15H,6H2,(H,14,16). The van der Waals surface area contributed by atoms with E-state index in [2.05, 4.69) is 27.9 Å². The van der Waals surface area contributed by atoms with Crippen molar-refractivity contribution < 1.29 is 9.90 Å².